The lowest BCUT2D eigenvalue weighted by Gasteiger charge is -2.11. The second kappa shape index (κ2) is 4.91. The van der Waals surface area contributed by atoms with Crippen LogP contribution in [0, 0.1) is 12.7 Å². The van der Waals surface area contributed by atoms with E-state index in [4.69, 9.17) is 0 Å². The van der Waals surface area contributed by atoms with E-state index in [1.54, 1.807) is 6.92 Å². The highest BCUT2D eigenvalue weighted by Crippen LogP contribution is 2.31. The van der Waals surface area contributed by atoms with Gasteiger partial charge in [0.2, 0.25) is 0 Å². The van der Waals surface area contributed by atoms with Crippen molar-refractivity contribution < 1.29 is 17.6 Å². The predicted molar refractivity (Wildman–Crippen MR) is 62.1 cm³/mol. The number of rotatable bonds is 3. The number of aryl methyl sites for hydroxylation is 1. The quantitative estimate of drug-likeness (QED) is 0.840. The van der Waals surface area contributed by atoms with Gasteiger partial charge >= 0.3 is 6.18 Å². The Hall–Kier alpha value is -2.05. The van der Waals surface area contributed by atoms with Gasteiger partial charge in [0.15, 0.2) is 0 Å². The minimum atomic E-state index is -4.49. The maximum Gasteiger partial charge on any atom is 0.416 e. The second-order valence-corrected chi connectivity index (χ2v) is 4.02. The number of nitrogens with one attached hydrogen (secondary N) is 2. The number of halogens is 4. The van der Waals surface area contributed by atoms with Gasteiger partial charge in [0.05, 0.1) is 29.8 Å². The van der Waals surface area contributed by atoms with Gasteiger partial charge in [-0.15, -0.1) is 0 Å². The van der Waals surface area contributed by atoms with Crippen LogP contribution in [0.15, 0.2) is 24.5 Å². The van der Waals surface area contributed by atoms with Gasteiger partial charge in [0, 0.05) is 5.69 Å². The Kier molecular flexibility index (Phi) is 3.46. The Morgan fingerprint density at radius 1 is 1.32 bits per heavy atom. The molecule has 2 rings (SSSR count). The zero-order valence-electron chi connectivity index (χ0n) is 9.98. The molecule has 2 N–H and O–H groups in total. The first kappa shape index (κ1) is 13.4. The molecule has 0 saturated heterocycles. The number of hydrogen-bond donors (Lipinski definition) is 2. The van der Waals surface area contributed by atoms with Crippen molar-refractivity contribution in [3.05, 3.63) is 47.3 Å². The molecule has 0 aliphatic carbocycles. The minimum absolute atomic E-state index is 0.146. The van der Waals surface area contributed by atoms with Crippen LogP contribution in [-0.4, -0.2) is 9.97 Å². The number of imidazole rings is 1. The van der Waals surface area contributed by atoms with Crippen LogP contribution >= 0.6 is 0 Å². The van der Waals surface area contributed by atoms with Crippen LogP contribution < -0.4 is 5.32 Å². The van der Waals surface area contributed by atoms with Crippen molar-refractivity contribution in [2.75, 3.05) is 5.32 Å². The van der Waals surface area contributed by atoms with E-state index >= 15 is 0 Å². The third-order valence-electron chi connectivity index (χ3n) is 2.67. The van der Waals surface area contributed by atoms with Crippen molar-refractivity contribution in [2.24, 2.45) is 0 Å². The zero-order valence-corrected chi connectivity index (χ0v) is 9.98. The van der Waals surface area contributed by atoms with Crippen LogP contribution in [0.5, 0.6) is 0 Å². The molecule has 0 spiro atoms. The molecular weight excluding hydrogens is 262 g/mol. The van der Waals surface area contributed by atoms with Gasteiger partial charge in [-0.25, -0.2) is 9.37 Å². The van der Waals surface area contributed by atoms with Gasteiger partial charge in [0.1, 0.15) is 5.82 Å². The molecule has 0 bridgehead atoms. The van der Waals surface area contributed by atoms with Crippen molar-refractivity contribution in [3.63, 3.8) is 0 Å². The topological polar surface area (TPSA) is 40.7 Å². The van der Waals surface area contributed by atoms with E-state index in [0.29, 0.717) is 11.8 Å². The number of benzene rings is 1. The van der Waals surface area contributed by atoms with E-state index in [1.807, 2.05) is 0 Å². The summed E-state index contributed by atoms with van der Waals surface area (Å²) in [5.74, 6) is -0.735. The summed E-state index contributed by atoms with van der Waals surface area (Å²) in [4.78, 5) is 6.80. The fourth-order valence-corrected chi connectivity index (χ4v) is 1.58. The van der Waals surface area contributed by atoms with Crippen LogP contribution in [0.4, 0.5) is 23.2 Å². The van der Waals surface area contributed by atoms with Crippen LogP contribution in [0.25, 0.3) is 0 Å². The molecule has 1 aromatic heterocycles. The molecule has 19 heavy (non-hydrogen) atoms. The molecule has 0 fully saturated rings. The highest BCUT2D eigenvalue weighted by atomic mass is 19.4. The van der Waals surface area contributed by atoms with Gasteiger partial charge < -0.3 is 10.3 Å². The molecule has 0 aliphatic heterocycles. The molecule has 3 nitrogen and oxygen atoms in total. The summed E-state index contributed by atoms with van der Waals surface area (Å²) in [6, 6.07) is 2.25. The number of alkyl halides is 3. The Balaban J connectivity index is 2.18. The molecule has 0 aliphatic rings. The van der Waals surface area contributed by atoms with Crippen molar-refractivity contribution >= 4 is 5.69 Å². The molecule has 0 atom stereocenters. The molecule has 7 heteroatoms. The van der Waals surface area contributed by atoms with Gasteiger partial charge in [-0.05, 0) is 25.1 Å². The van der Waals surface area contributed by atoms with Gasteiger partial charge in [-0.1, -0.05) is 0 Å². The fourth-order valence-electron chi connectivity index (χ4n) is 1.58. The fraction of sp³-hybridized carbons (Fsp3) is 0.250. The third-order valence-corrected chi connectivity index (χ3v) is 2.67. The molecule has 2 aromatic rings. The summed E-state index contributed by atoms with van der Waals surface area (Å²) in [6.45, 7) is 1.92. The third kappa shape index (κ3) is 3.04. The number of hydrogen-bond acceptors (Lipinski definition) is 2. The Morgan fingerprint density at radius 2 is 2.05 bits per heavy atom. The molecule has 0 unspecified atom stereocenters. The van der Waals surface area contributed by atoms with Crippen LogP contribution in [0.2, 0.25) is 0 Å². The predicted octanol–water partition coefficient (Wildman–Crippen LogP) is 3.49. The van der Waals surface area contributed by atoms with Gasteiger partial charge in [0.25, 0.3) is 0 Å². The lowest BCUT2D eigenvalue weighted by Crippen LogP contribution is -2.08. The van der Waals surface area contributed by atoms with E-state index in [9.17, 15) is 17.6 Å². The molecule has 1 heterocycles. The molecule has 102 valence electrons. The summed E-state index contributed by atoms with van der Waals surface area (Å²) in [6.07, 6.45) is -3.03. The van der Waals surface area contributed by atoms with Gasteiger partial charge in [-0.2, -0.15) is 13.2 Å². The van der Waals surface area contributed by atoms with Crippen molar-refractivity contribution in [1.29, 1.82) is 0 Å². The first-order valence-electron chi connectivity index (χ1n) is 5.47. The molecule has 0 amide bonds. The minimum Gasteiger partial charge on any atom is -0.377 e. The standard InChI is InChI=1S/C12H11F4N3/c1-7-11(19-6-18-7)5-17-10-4-8(12(14,15)16)2-3-9(10)13/h2-4,6,17H,5H2,1H3,(H,18,19). The van der Waals surface area contributed by atoms with E-state index in [2.05, 4.69) is 15.3 Å². The number of H-pyrrole nitrogens is 1. The normalized spacial score (nSPS) is 11.6. The number of nitrogens with zero attached hydrogens (tertiary/aromatic N) is 1. The Morgan fingerprint density at radius 3 is 2.63 bits per heavy atom. The summed E-state index contributed by atoms with van der Waals surface area (Å²) in [5, 5.41) is 2.61. The largest absolute Gasteiger partial charge is 0.416 e. The summed E-state index contributed by atoms with van der Waals surface area (Å²) < 4.78 is 51.0. The average Bonchev–Trinajstić information content (AvgIpc) is 2.72. The van der Waals surface area contributed by atoms with Gasteiger partial charge in [-0.3, -0.25) is 0 Å². The average molecular weight is 273 g/mol. The SMILES string of the molecule is Cc1[nH]cnc1CNc1cc(C(F)(F)F)ccc1F. The Labute approximate surface area is 106 Å². The number of aromatic nitrogens is 2. The van der Waals surface area contributed by atoms with E-state index in [1.165, 1.54) is 6.33 Å². The lowest BCUT2D eigenvalue weighted by atomic mass is 10.2. The Bertz CT molecular complexity index is 575. The van der Waals surface area contributed by atoms with E-state index in [-0.39, 0.29) is 12.2 Å². The summed E-state index contributed by atoms with van der Waals surface area (Å²) in [5.41, 5.74) is 0.309. The number of anilines is 1. The maximum absolute atomic E-state index is 13.4. The zero-order chi connectivity index (χ0) is 14.0. The maximum atomic E-state index is 13.4. The van der Waals surface area contributed by atoms with E-state index in [0.717, 1.165) is 17.8 Å². The van der Waals surface area contributed by atoms with Crippen LogP contribution in [-0.2, 0) is 12.7 Å². The second-order valence-electron chi connectivity index (χ2n) is 4.02. The van der Waals surface area contributed by atoms with Crippen LogP contribution in [0.3, 0.4) is 0 Å². The smallest absolute Gasteiger partial charge is 0.377 e. The molecule has 0 radical (unpaired) electrons. The summed E-state index contributed by atoms with van der Waals surface area (Å²) in [7, 11) is 0. The molecule has 1 aromatic carbocycles. The van der Waals surface area contributed by atoms with Crippen molar-refractivity contribution in [1.82, 2.24) is 9.97 Å². The lowest BCUT2D eigenvalue weighted by molar-refractivity contribution is -0.137. The monoisotopic (exact) mass is 273 g/mol. The first-order chi connectivity index (χ1) is 8.88. The van der Waals surface area contributed by atoms with Crippen LogP contribution in [0.1, 0.15) is 17.0 Å². The van der Waals surface area contributed by atoms with Crippen molar-refractivity contribution in [2.45, 2.75) is 19.6 Å². The van der Waals surface area contributed by atoms with E-state index < -0.39 is 17.6 Å². The summed E-state index contributed by atoms with van der Waals surface area (Å²) >= 11 is 0. The molecule has 0 saturated carbocycles. The van der Waals surface area contributed by atoms with Crippen molar-refractivity contribution in [3.8, 4) is 0 Å². The number of aromatic amines is 1. The highest BCUT2D eigenvalue weighted by molar-refractivity contribution is 5.48. The first-order valence-corrected chi connectivity index (χ1v) is 5.47. The highest BCUT2D eigenvalue weighted by Gasteiger charge is 2.31. The molecular formula is C12H11F4N3.